The summed E-state index contributed by atoms with van der Waals surface area (Å²) in [6.45, 7) is 6.48. The number of nitrogens with one attached hydrogen (secondary N) is 1. The Kier molecular flexibility index (Phi) is 7.77. The van der Waals surface area contributed by atoms with Crippen molar-refractivity contribution in [1.29, 1.82) is 21.2 Å². The van der Waals surface area contributed by atoms with E-state index in [1.54, 1.807) is 31.2 Å². The number of benzene rings is 2. The monoisotopic (exact) mass is 510 g/mol. The second-order valence-electron chi connectivity index (χ2n) is 10.3. The molecule has 2 aromatic carbocycles. The highest BCUT2D eigenvalue weighted by atomic mass is 16.7. The molecule has 0 radical (unpaired) electrons. The Morgan fingerprint density at radius 1 is 0.895 bits per heavy atom. The third kappa shape index (κ3) is 4.10. The summed E-state index contributed by atoms with van der Waals surface area (Å²) >= 11 is 0. The second-order valence-corrected chi connectivity index (χ2v) is 10.3. The van der Waals surface area contributed by atoms with E-state index in [0.29, 0.717) is 23.5 Å². The third-order valence-electron chi connectivity index (χ3n) is 8.07. The van der Waals surface area contributed by atoms with Gasteiger partial charge in [0, 0.05) is 5.56 Å². The Morgan fingerprint density at radius 2 is 1.53 bits per heavy atom. The van der Waals surface area contributed by atoms with Crippen molar-refractivity contribution in [3.63, 3.8) is 0 Å². The Labute approximate surface area is 225 Å². The number of nitriles is 3. The molecule has 196 valence electrons. The fraction of sp³-hybridized carbons (Fsp3) is 0.484. The van der Waals surface area contributed by atoms with Crippen LogP contribution in [-0.4, -0.2) is 12.5 Å². The molecule has 2 fully saturated rings. The molecule has 4 unspecified atom stereocenters. The number of hydrogen-bond donors (Lipinski definition) is 1. The first-order chi connectivity index (χ1) is 18.3. The first-order valence-electron chi connectivity index (χ1n) is 13.3. The van der Waals surface area contributed by atoms with E-state index in [1.165, 1.54) is 25.7 Å². The van der Waals surface area contributed by atoms with Crippen LogP contribution in [0.15, 0.2) is 48.5 Å². The van der Waals surface area contributed by atoms with E-state index in [2.05, 4.69) is 25.1 Å². The highest BCUT2D eigenvalue weighted by Gasteiger charge is 2.79. The van der Waals surface area contributed by atoms with E-state index >= 15 is 0 Å². The predicted molar refractivity (Wildman–Crippen MR) is 142 cm³/mol. The first-order valence-corrected chi connectivity index (χ1v) is 13.3. The molecule has 4 rings (SSSR count). The van der Waals surface area contributed by atoms with E-state index in [-0.39, 0.29) is 0 Å². The van der Waals surface area contributed by atoms with Crippen molar-refractivity contribution in [2.45, 2.75) is 71.2 Å². The Bertz CT molecular complexity index is 1270. The molecular formula is C31H34N4O3. The summed E-state index contributed by atoms with van der Waals surface area (Å²) in [5.74, 6) is -2.01. The number of aryl methyl sites for hydroxylation is 1. The molecule has 2 aromatic rings. The van der Waals surface area contributed by atoms with Crippen molar-refractivity contribution in [3.05, 3.63) is 65.2 Å². The van der Waals surface area contributed by atoms with Gasteiger partial charge in [0.05, 0.1) is 30.7 Å². The maximum Gasteiger partial charge on any atom is 0.244 e. The minimum Gasteiger partial charge on any atom is -0.494 e. The highest BCUT2D eigenvalue weighted by molar-refractivity contribution is 5.89. The highest BCUT2D eigenvalue weighted by Crippen LogP contribution is 2.68. The van der Waals surface area contributed by atoms with Crippen molar-refractivity contribution in [1.82, 2.24) is 0 Å². The van der Waals surface area contributed by atoms with Gasteiger partial charge in [-0.05, 0) is 31.0 Å². The van der Waals surface area contributed by atoms with Gasteiger partial charge in [0.1, 0.15) is 11.9 Å². The zero-order valence-electron chi connectivity index (χ0n) is 22.3. The Morgan fingerprint density at radius 3 is 2.13 bits per heavy atom. The quantitative estimate of drug-likeness (QED) is 0.349. The van der Waals surface area contributed by atoms with Crippen LogP contribution in [0.5, 0.6) is 5.75 Å². The summed E-state index contributed by atoms with van der Waals surface area (Å²) in [6, 6.07) is 20.9. The van der Waals surface area contributed by atoms with Crippen LogP contribution in [0.3, 0.4) is 0 Å². The number of nitrogens with zero attached hydrogens (tertiary/aromatic N) is 3. The maximum absolute atomic E-state index is 10.5. The minimum absolute atomic E-state index is 0.419. The molecule has 7 nitrogen and oxygen atoms in total. The summed E-state index contributed by atoms with van der Waals surface area (Å²) in [6.07, 6.45) is 5.91. The molecule has 0 amide bonds. The van der Waals surface area contributed by atoms with Crippen molar-refractivity contribution in [2.75, 3.05) is 6.61 Å². The molecule has 1 N–H and O–H groups in total. The van der Waals surface area contributed by atoms with Crippen molar-refractivity contribution in [3.8, 4) is 24.0 Å². The maximum atomic E-state index is 10.5. The molecular weight excluding hydrogens is 476 g/mol. The second kappa shape index (κ2) is 10.9. The molecule has 0 saturated carbocycles. The average Bonchev–Trinajstić information content (AvgIpc) is 3.09. The van der Waals surface area contributed by atoms with Crippen molar-refractivity contribution < 1.29 is 14.2 Å². The smallest absolute Gasteiger partial charge is 0.244 e. The fourth-order valence-electron chi connectivity index (χ4n) is 5.77. The molecule has 2 saturated heterocycles. The lowest BCUT2D eigenvalue weighted by atomic mass is 9.53. The van der Waals surface area contributed by atoms with Gasteiger partial charge in [0.25, 0.3) is 0 Å². The average molecular weight is 511 g/mol. The van der Waals surface area contributed by atoms with E-state index in [4.69, 9.17) is 19.6 Å². The van der Waals surface area contributed by atoms with E-state index < -0.39 is 34.5 Å². The van der Waals surface area contributed by atoms with Gasteiger partial charge in [0.2, 0.25) is 17.1 Å². The number of hydrogen-bond acceptors (Lipinski definition) is 7. The number of unbranched alkanes of at least 4 members (excludes halogenated alkanes) is 5. The number of rotatable bonds is 10. The van der Waals surface area contributed by atoms with Gasteiger partial charge in [-0.25, -0.2) is 0 Å². The van der Waals surface area contributed by atoms with Gasteiger partial charge in [0.15, 0.2) is 5.41 Å². The molecule has 2 bridgehead atoms. The van der Waals surface area contributed by atoms with Crippen LogP contribution < -0.4 is 4.74 Å². The molecule has 2 aliphatic heterocycles. The van der Waals surface area contributed by atoms with Crippen LogP contribution >= 0.6 is 0 Å². The molecule has 0 spiro atoms. The van der Waals surface area contributed by atoms with E-state index in [0.717, 1.165) is 18.4 Å². The third-order valence-corrected chi connectivity index (χ3v) is 8.07. The zero-order chi connectivity index (χ0) is 27.4. The summed E-state index contributed by atoms with van der Waals surface area (Å²) in [4.78, 5) is 0. The van der Waals surface area contributed by atoms with Gasteiger partial charge < -0.3 is 14.2 Å². The Hall–Kier alpha value is -3.86. The predicted octanol–water partition coefficient (Wildman–Crippen LogP) is 6.85. The standard InChI is InChI=1S/C31H34N4O3/c1-4-5-6-7-8-9-18-36-26-16-12-24(13-17-26)27-29(19-32,20-33)30(21-34)23(3)31(37-27,38-28(30)35)25-14-10-22(2)11-15-25/h10-17,23,27,35H,4-9,18H2,1-3H3. The molecule has 0 aromatic heterocycles. The summed E-state index contributed by atoms with van der Waals surface area (Å²) in [5.41, 5.74) is -1.61. The largest absolute Gasteiger partial charge is 0.494 e. The fourth-order valence-corrected chi connectivity index (χ4v) is 5.77. The van der Waals surface area contributed by atoms with E-state index in [9.17, 15) is 15.8 Å². The Balaban J connectivity index is 1.66. The molecule has 0 aliphatic carbocycles. The normalized spacial score (nSPS) is 27.0. The van der Waals surface area contributed by atoms with Crippen molar-refractivity contribution in [2.24, 2.45) is 16.7 Å². The van der Waals surface area contributed by atoms with Gasteiger partial charge >= 0.3 is 0 Å². The lowest BCUT2D eigenvalue weighted by Gasteiger charge is -2.48. The minimum atomic E-state index is -2.00. The first kappa shape index (κ1) is 27.2. The molecule has 2 aliphatic rings. The molecule has 7 heteroatoms. The van der Waals surface area contributed by atoms with Crippen LogP contribution in [0.25, 0.3) is 0 Å². The molecule has 4 atom stereocenters. The lowest BCUT2D eigenvalue weighted by Crippen LogP contribution is -2.57. The van der Waals surface area contributed by atoms with E-state index in [1.807, 2.05) is 31.2 Å². The topological polar surface area (TPSA) is 123 Å². The number of ether oxygens (including phenoxy) is 3. The zero-order valence-corrected chi connectivity index (χ0v) is 22.3. The SMILES string of the molecule is CCCCCCCCOc1ccc(C2OC3(c4ccc(C)cc4)OC(=N)C(C#N)(C3C)C2(C#N)C#N)cc1. The van der Waals surface area contributed by atoms with Crippen LogP contribution in [0.2, 0.25) is 0 Å². The van der Waals surface area contributed by atoms with Gasteiger partial charge in [-0.1, -0.05) is 87.9 Å². The van der Waals surface area contributed by atoms with Crippen LogP contribution in [-0.2, 0) is 15.3 Å². The summed E-state index contributed by atoms with van der Waals surface area (Å²) < 4.78 is 18.5. The summed E-state index contributed by atoms with van der Waals surface area (Å²) in [7, 11) is 0. The van der Waals surface area contributed by atoms with Gasteiger partial charge in [-0.2, -0.15) is 15.8 Å². The van der Waals surface area contributed by atoms with Crippen LogP contribution in [0.4, 0.5) is 0 Å². The molecule has 38 heavy (non-hydrogen) atoms. The number of fused-ring (bicyclic) bond motifs is 2. The summed E-state index contributed by atoms with van der Waals surface area (Å²) in [5, 5.41) is 40.0. The van der Waals surface area contributed by atoms with Crippen LogP contribution in [0.1, 0.15) is 75.2 Å². The van der Waals surface area contributed by atoms with Gasteiger partial charge in [-0.3, -0.25) is 5.41 Å². The lowest BCUT2D eigenvalue weighted by molar-refractivity contribution is -0.288. The van der Waals surface area contributed by atoms with Crippen LogP contribution in [0, 0.1) is 63.1 Å². The molecule has 2 heterocycles. The van der Waals surface area contributed by atoms with Crippen molar-refractivity contribution >= 4 is 5.90 Å². The van der Waals surface area contributed by atoms with Gasteiger partial charge in [-0.15, -0.1) is 0 Å².